The summed E-state index contributed by atoms with van der Waals surface area (Å²) in [6, 6.07) is 14.6. The number of anilines is 1. The van der Waals surface area contributed by atoms with Gasteiger partial charge in [0, 0.05) is 29.4 Å². The lowest BCUT2D eigenvalue weighted by Crippen LogP contribution is -2.45. The first-order valence-electron chi connectivity index (χ1n) is 8.62. The van der Waals surface area contributed by atoms with Gasteiger partial charge in [0.2, 0.25) is 0 Å². The molecule has 1 saturated heterocycles. The first kappa shape index (κ1) is 19.9. The molecule has 1 aliphatic heterocycles. The molecule has 1 atom stereocenters. The highest BCUT2D eigenvalue weighted by molar-refractivity contribution is 6.05. The van der Waals surface area contributed by atoms with Crippen molar-refractivity contribution in [3.63, 3.8) is 0 Å². The van der Waals surface area contributed by atoms with Crippen molar-refractivity contribution >= 4 is 29.9 Å². The summed E-state index contributed by atoms with van der Waals surface area (Å²) in [5, 5.41) is 9.23. The lowest BCUT2D eigenvalue weighted by Gasteiger charge is -2.24. The number of aryl methyl sites for hydroxylation is 1. The Bertz CT molecular complexity index is 759. The largest absolute Gasteiger partial charge is 0.348 e. The van der Waals surface area contributed by atoms with E-state index in [1.54, 1.807) is 24.3 Å². The monoisotopic (exact) mass is 373 g/mol. The topological polar surface area (TPSA) is 70.2 Å². The van der Waals surface area contributed by atoms with Gasteiger partial charge >= 0.3 is 0 Å². The molecule has 1 unspecified atom stereocenters. The smallest absolute Gasteiger partial charge is 0.255 e. The van der Waals surface area contributed by atoms with Gasteiger partial charge in [-0.3, -0.25) is 9.59 Å². The van der Waals surface area contributed by atoms with Crippen LogP contribution in [0.15, 0.2) is 48.5 Å². The van der Waals surface area contributed by atoms with Crippen molar-refractivity contribution in [2.45, 2.75) is 25.8 Å². The van der Waals surface area contributed by atoms with E-state index in [0.717, 1.165) is 31.5 Å². The molecule has 1 heterocycles. The molecule has 5 nitrogen and oxygen atoms in total. The standard InChI is InChI=1S/C20H23N3O2.ClH/c1-14-9-10-16(20(25)22-17-8-5-11-21-13-17)12-18(14)23-19(24)15-6-3-2-4-7-15;/h2-4,6-7,9-10,12,17,21H,5,8,11,13H2,1H3,(H,22,25)(H,23,24);1H. The number of hydrogen-bond acceptors (Lipinski definition) is 3. The number of halogens is 1. The lowest BCUT2D eigenvalue weighted by atomic mass is 10.1. The van der Waals surface area contributed by atoms with E-state index in [0.29, 0.717) is 16.8 Å². The molecule has 2 aromatic carbocycles. The van der Waals surface area contributed by atoms with E-state index in [2.05, 4.69) is 16.0 Å². The van der Waals surface area contributed by atoms with Crippen molar-refractivity contribution in [1.29, 1.82) is 0 Å². The van der Waals surface area contributed by atoms with Crippen LogP contribution in [0.5, 0.6) is 0 Å². The molecule has 26 heavy (non-hydrogen) atoms. The van der Waals surface area contributed by atoms with Crippen LogP contribution in [0.25, 0.3) is 0 Å². The van der Waals surface area contributed by atoms with Gasteiger partial charge in [-0.1, -0.05) is 24.3 Å². The number of nitrogens with one attached hydrogen (secondary N) is 3. The van der Waals surface area contributed by atoms with Gasteiger partial charge in [0.15, 0.2) is 0 Å². The molecule has 2 aromatic rings. The summed E-state index contributed by atoms with van der Waals surface area (Å²) in [7, 11) is 0. The van der Waals surface area contributed by atoms with Crippen LogP contribution in [0.3, 0.4) is 0 Å². The molecular weight excluding hydrogens is 350 g/mol. The number of rotatable bonds is 4. The highest BCUT2D eigenvalue weighted by Gasteiger charge is 2.17. The number of carbonyl (C=O) groups is 2. The van der Waals surface area contributed by atoms with Crippen LogP contribution in [0, 0.1) is 6.92 Å². The number of amides is 2. The summed E-state index contributed by atoms with van der Waals surface area (Å²) in [4.78, 5) is 24.8. The van der Waals surface area contributed by atoms with Gasteiger partial charge in [-0.15, -0.1) is 12.4 Å². The fourth-order valence-corrected chi connectivity index (χ4v) is 2.93. The number of piperidine rings is 1. The zero-order valence-electron chi connectivity index (χ0n) is 14.7. The minimum absolute atomic E-state index is 0. The maximum Gasteiger partial charge on any atom is 0.255 e. The lowest BCUT2D eigenvalue weighted by molar-refractivity contribution is 0.0929. The molecule has 3 rings (SSSR count). The Kier molecular flexibility index (Phi) is 7.18. The third-order valence-electron chi connectivity index (χ3n) is 4.42. The Morgan fingerprint density at radius 3 is 2.50 bits per heavy atom. The van der Waals surface area contributed by atoms with Crippen molar-refractivity contribution in [3.8, 4) is 0 Å². The van der Waals surface area contributed by atoms with E-state index in [1.807, 2.05) is 31.2 Å². The molecule has 0 spiro atoms. The van der Waals surface area contributed by atoms with Crippen molar-refractivity contribution in [3.05, 3.63) is 65.2 Å². The number of benzene rings is 2. The van der Waals surface area contributed by atoms with Crippen LogP contribution in [-0.2, 0) is 0 Å². The molecular formula is C20H24ClN3O2. The Labute approximate surface area is 160 Å². The van der Waals surface area contributed by atoms with Gasteiger partial charge in [0.05, 0.1) is 0 Å². The minimum atomic E-state index is -0.183. The second kappa shape index (κ2) is 9.36. The van der Waals surface area contributed by atoms with Gasteiger partial charge in [-0.05, 0) is 56.1 Å². The Morgan fingerprint density at radius 2 is 1.81 bits per heavy atom. The van der Waals surface area contributed by atoms with E-state index >= 15 is 0 Å². The zero-order chi connectivity index (χ0) is 17.6. The zero-order valence-corrected chi connectivity index (χ0v) is 15.6. The molecule has 0 bridgehead atoms. The average molecular weight is 374 g/mol. The van der Waals surface area contributed by atoms with Crippen LogP contribution in [0.2, 0.25) is 0 Å². The molecule has 6 heteroatoms. The van der Waals surface area contributed by atoms with E-state index in [1.165, 1.54) is 0 Å². The minimum Gasteiger partial charge on any atom is -0.348 e. The van der Waals surface area contributed by atoms with Crippen LogP contribution in [-0.4, -0.2) is 30.9 Å². The third-order valence-corrected chi connectivity index (χ3v) is 4.42. The van der Waals surface area contributed by atoms with E-state index < -0.39 is 0 Å². The van der Waals surface area contributed by atoms with E-state index in [4.69, 9.17) is 0 Å². The molecule has 1 aliphatic rings. The van der Waals surface area contributed by atoms with Crippen LogP contribution in [0.1, 0.15) is 39.1 Å². The van der Waals surface area contributed by atoms with Crippen molar-refractivity contribution in [2.75, 3.05) is 18.4 Å². The first-order chi connectivity index (χ1) is 12.1. The summed E-state index contributed by atoms with van der Waals surface area (Å²) < 4.78 is 0. The van der Waals surface area contributed by atoms with Crippen molar-refractivity contribution in [2.24, 2.45) is 0 Å². The highest BCUT2D eigenvalue weighted by atomic mass is 35.5. The molecule has 0 aromatic heterocycles. The number of hydrogen-bond donors (Lipinski definition) is 3. The molecule has 1 fully saturated rings. The third kappa shape index (κ3) is 5.07. The molecule has 0 aliphatic carbocycles. The second-order valence-corrected chi connectivity index (χ2v) is 6.37. The van der Waals surface area contributed by atoms with Gasteiger partial charge in [0.25, 0.3) is 11.8 Å². The second-order valence-electron chi connectivity index (χ2n) is 6.37. The normalized spacial score (nSPS) is 16.3. The summed E-state index contributed by atoms with van der Waals surface area (Å²) in [5.41, 5.74) is 2.72. The Balaban J connectivity index is 0.00000243. The number of carbonyl (C=O) groups excluding carboxylic acids is 2. The molecule has 3 N–H and O–H groups in total. The fraction of sp³-hybridized carbons (Fsp3) is 0.300. The van der Waals surface area contributed by atoms with Gasteiger partial charge in [-0.2, -0.15) is 0 Å². The summed E-state index contributed by atoms with van der Waals surface area (Å²) in [6.45, 7) is 3.72. The van der Waals surface area contributed by atoms with Gasteiger partial charge in [0.1, 0.15) is 0 Å². The fourth-order valence-electron chi connectivity index (χ4n) is 2.93. The van der Waals surface area contributed by atoms with Crippen molar-refractivity contribution in [1.82, 2.24) is 10.6 Å². The summed E-state index contributed by atoms with van der Waals surface area (Å²) >= 11 is 0. The molecule has 0 radical (unpaired) electrons. The Hall–Kier alpha value is -2.37. The molecule has 138 valence electrons. The predicted molar refractivity (Wildman–Crippen MR) is 106 cm³/mol. The highest BCUT2D eigenvalue weighted by Crippen LogP contribution is 2.18. The Morgan fingerprint density at radius 1 is 1.04 bits per heavy atom. The van der Waals surface area contributed by atoms with Crippen LogP contribution in [0.4, 0.5) is 5.69 Å². The first-order valence-corrected chi connectivity index (χ1v) is 8.62. The maximum absolute atomic E-state index is 12.5. The van der Waals surface area contributed by atoms with E-state index in [-0.39, 0.29) is 30.3 Å². The SMILES string of the molecule is Cc1ccc(C(=O)NC2CCCNC2)cc1NC(=O)c1ccccc1.Cl. The van der Waals surface area contributed by atoms with Gasteiger partial charge < -0.3 is 16.0 Å². The van der Waals surface area contributed by atoms with Crippen LogP contribution < -0.4 is 16.0 Å². The molecule has 2 amide bonds. The summed E-state index contributed by atoms with van der Waals surface area (Å²) in [6.07, 6.45) is 2.05. The van der Waals surface area contributed by atoms with Crippen molar-refractivity contribution < 1.29 is 9.59 Å². The maximum atomic E-state index is 12.5. The molecule has 0 saturated carbocycles. The van der Waals surface area contributed by atoms with Gasteiger partial charge in [-0.25, -0.2) is 0 Å². The quantitative estimate of drug-likeness (QED) is 0.771. The predicted octanol–water partition coefficient (Wildman–Crippen LogP) is 3.15. The van der Waals surface area contributed by atoms with E-state index in [9.17, 15) is 9.59 Å². The summed E-state index contributed by atoms with van der Waals surface area (Å²) in [5.74, 6) is -0.290. The average Bonchev–Trinajstić information content (AvgIpc) is 2.65. The van der Waals surface area contributed by atoms with Crippen LogP contribution >= 0.6 is 12.4 Å².